The lowest BCUT2D eigenvalue weighted by molar-refractivity contribution is -0.115. The Morgan fingerprint density at radius 3 is 3.18 bits per heavy atom. The molecule has 3 heterocycles. The van der Waals surface area contributed by atoms with Gasteiger partial charge in [-0.1, -0.05) is 5.16 Å². The Morgan fingerprint density at radius 2 is 2.41 bits per heavy atom. The molecule has 6 nitrogen and oxygen atoms in total. The largest absolute Gasteiger partial charge is 0.357 e. The third-order valence-corrected chi connectivity index (χ3v) is 3.17. The van der Waals surface area contributed by atoms with Crippen molar-refractivity contribution >= 4 is 29.0 Å². The smallest absolute Gasteiger partial charge is 0.290 e. The summed E-state index contributed by atoms with van der Waals surface area (Å²) in [4.78, 5) is 24.5. The standard InChI is InChI=1S/C10H7N3O3S/c14-9-8(17-10(15)12-9)5-13-2-1-7-6(4-13)3-11-16-7/h1-3,5H,4H2,(H,12,14,15)/b8-5+. The summed E-state index contributed by atoms with van der Waals surface area (Å²) in [6.07, 6.45) is 6.81. The van der Waals surface area contributed by atoms with Crippen LogP contribution in [0.5, 0.6) is 0 Å². The van der Waals surface area contributed by atoms with E-state index in [2.05, 4.69) is 10.5 Å². The maximum Gasteiger partial charge on any atom is 0.290 e. The molecule has 3 rings (SSSR count). The number of nitrogens with zero attached hydrogens (tertiary/aromatic N) is 2. The summed E-state index contributed by atoms with van der Waals surface area (Å²) in [5.41, 5.74) is 0.944. The second kappa shape index (κ2) is 3.77. The second-order valence-corrected chi connectivity index (χ2v) is 4.56. The zero-order valence-electron chi connectivity index (χ0n) is 8.54. The first kappa shape index (κ1) is 10.2. The number of imide groups is 1. The molecule has 2 aliphatic rings. The van der Waals surface area contributed by atoms with E-state index in [1.54, 1.807) is 29.6 Å². The number of thioether (sulfide) groups is 1. The Labute approximate surface area is 100 Å². The molecule has 0 unspecified atom stereocenters. The van der Waals surface area contributed by atoms with E-state index < -0.39 is 0 Å². The highest BCUT2D eigenvalue weighted by atomic mass is 32.2. The highest BCUT2D eigenvalue weighted by Gasteiger charge is 2.26. The Balaban J connectivity index is 1.82. The van der Waals surface area contributed by atoms with E-state index in [0.717, 1.165) is 23.1 Å². The van der Waals surface area contributed by atoms with Crippen LogP contribution in [-0.2, 0) is 11.3 Å². The van der Waals surface area contributed by atoms with Crippen LogP contribution in [0.15, 0.2) is 28.0 Å². The summed E-state index contributed by atoms with van der Waals surface area (Å²) in [5, 5.41) is 5.55. The molecule has 1 aromatic heterocycles. The molecule has 1 aromatic rings. The highest BCUT2D eigenvalue weighted by molar-refractivity contribution is 8.18. The average molecular weight is 249 g/mol. The molecular formula is C10H7N3O3S. The van der Waals surface area contributed by atoms with E-state index in [4.69, 9.17) is 4.52 Å². The Hall–Kier alpha value is -2.02. The summed E-state index contributed by atoms with van der Waals surface area (Å²) >= 11 is 0.898. The minimum Gasteiger partial charge on any atom is -0.357 e. The first-order chi connectivity index (χ1) is 8.22. The van der Waals surface area contributed by atoms with E-state index in [1.165, 1.54) is 0 Å². The van der Waals surface area contributed by atoms with E-state index in [-0.39, 0.29) is 11.1 Å². The fraction of sp³-hybridized carbons (Fsp3) is 0.100. The van der Waals surface area contributed by atoms with Crippen molar-refractivity contribution in [3.63, 3.8) is 0 Å². The molecule has 17 heavy (non-hydrogen) atoms. The normalized spacial score (nSPS) is 20.9. The maximum absolute atomic E-state index is 11.4. The van der Waals surface area contributed by atoms with Gasteiger partial charge in [-0.15, -0.1) is 0 Å². The first-order valence-electron chi connectivity index (χ1n) is 4.85. The fourth-order valence-electron chi connectivity index (χ4n) is 1.59. The third kappa shape index (κ3) is 1.84. The number of fused-ring (bicyclic) bond motifs is 1. The second-order valence-electron chi connectivity index (χ2n) is 3.54. The Bertz CT molecular complexity index is 561. The van der Waals surface area contributed by atoms with E-state index in [9.17, 15) is 9.59 Å². The van der Waals surface area contributed by atoms with E-state index in [1.807, 2.05) is 0 Å². The van der Waals surface area contributed by atoms with Crippen LogP contribution in [0.2, 0.25) is 0 Å². The minimum atomic E-state index is -0.357. The van der Waals surface area contributed by atoms with Gasteiger partial charge in [-0.3, -0.25) is 14.9 Å². The molecule has 0 spiro atoms. The molecule has 1 fully saturated rings. The van der Waals surface area contributed by atoms with Crippen LogP contribution in [0.25, 0.3) is 6.08 Å². The van der Waals surface area contributed by atoms with Crippen molar-refractivity contribution in [1.29, 1.82) is 0 Å². The van der Waals surface area contributed by atoms with Crippen LogP contribution in [-0.4, -0.2) is 21.2 Å². The van der Waals surface area contributed by atoms with Gasteiger partial charge in [-0.25, -0.2) is 0 Å². The molecule has 86 valence electrons. The van der Waals surface area contributed by atoms with Crippen LogP contribution in [0.3, 0.4) is 0 Å². The van der Waals surface area contributed by atoms with Gasteiger partial charge in [0.15, 0.2) is 5.76 Å². The van der Waals surface area contributed by atoms with Crippen molar-refractivity contribution in [2.24, 2.45) is 0 Å². The first-order valence-corrected chi connectivity index (χ1v) is 5.66. The molecule has 0 aliphatic carbocycles. The highest BCUT2D eigenvalue weighted by Crippen LogP contribution is 2.26. The van der Waals surface area contributed by atoms with Gasteiger partial charge in [0.2, 0.25) is 0 Å². The van der Waals surface area contributed by atoms with Gasteiger partial charge >= 0.3 is 0 Å². The minimum absolute atomic E-state index is 0.340. The van der Waals surface area contributed by atoms with Crippen molar-refractivity contribution < 1.29 is 14.1 Å². The lowest BCUT2D eigenvalue weighted by atomic mass is 10.2. The molecule has 0 aromatic carbocycles. The summed E-state index contributed by atoms with van der Waals surface area (Å²) in [6, 6.07) is 0. The lowest BCUT2D eigenvalue weighted by Crippen LogP contribution is -2.19. The topological polar surface area (TPSA) is 75.4 Å². The van der Waals surface area contributed by atoms with E-state index >= 15 is 0 Å². The summed E-state index contributed by atoms with van der Waals surface area (Å²) < 4.78 is 4.99. The molecule has 1 N–H and O–H groups in total. The van der Waals surface area contributed by atoms with Gasteiger partial charge in [0.1, 0.15) is 0 Å². The van der Waals surface area contributed by atoms with Gasteiger partial charge < -0.3 is 9.42 Å². The van der Waals surface area contributed by atoms with Crippen molar-refractivity contribution in [2.45, 2.75) is 6.54 Å². The van der Waals surface area contributed by atoms with Crippen LogP contribution in [0.1, 0.15) is 11.3 Å². The predicted molar refractivity (Wildman–Crippen MR) is 60.3 cm³/mol. The zero-order chi connectivity index (χ0) is 11.8. The SMILES string of the molecule is O=C1NC(=O)/C(=C\N2C=Cc3oncc3C2)S1. The lowest BCUT2D eigenvalue weighted by Gasteiger charge is -2.18. The Kier molecular flexibility index (Phi) is 2.25. The molecule has 2 amide bonds. The third-order valence-electron chi connectivity index (χ3n) is 2.37. The zero-order valence-corrected chi connectivity index (χ0v) is 9.36. The predicted octanol–water partition coefficient (Wildman–Crippen LogP) is 1.29. The number of aromatic nitrogens is 1. The van der Waals surface area contributed by atoms with Gasteiger partial charge in [0.25, 0.3) is 11.1 Å². The van der Waals surface area contributed by atoms with E-state index in [0.29, 0.717) is 11.4 Å². The number of carbonyl (C=O) groups excluding carboxylic acids is 2. The van der Waals surface area contributed by atoms with Crippen LogP contribution < -0.4 is 5.32 Å². The molecule has 0 saturated carbocycles. The number of hydrogen-bond acceptors (Lipinski definition) is 6. The van der Waals surface area contributed by atoms with Crippen LogP contribution in [0.4, 0.5) is 4.79 Å². The molecule has 0 radical (unpaired) electrons. The summed E-state index contributed by atoms with van der Waals surface area (Å²) in [7, 11) is 0. The van der Waals surface area contributed by atoms with Gasteiger partial charge in [-0.05, 0) is 11.8 Å². The number of nitrogens with one attached hydrogen (secondary N) is 1. The number of carbonyl (C=O) groups is 2. The van der Waals surface area contributed by atoms with Crippen LogP contribution in [0, 0.1) is 0 Å². The van der Waals surface area contributed by atoms with Crippen molar-refractivity contribution in [2.75, 3.05) is 0 Å². The average Bonchev–Trinajstić information content (AvgIpc) is 2.85. The van der Waals surface area contributed by atoms with Crippen molar-refractivity contribution in [3.05, 3.63) is 34.8 Å². The quantitative estimate of drug-likeness (QED) is 0.756. The number of amides is 2. The number of hydrogen-bond donors (Lipinski definition) is 1. The van der Waals surface area contributed by atoms with Gasteiger partial charge in [-0.2, -0.15) is 0 Å². The molecule has 0 atom stereocenters. The number of rotatable bonds is 1. The summed E-state index contributed by atoms with van der Waals surface area (Å²) in [6.45, 7) is 0.570. The molecule has 7 heteroatoms. The molecule has 2 aliphatic heterocycles. The molecule has 1 saturated heterocycles. The maximum atomic E-state index is 11.4. The molecule has 0 bridgehead atoms. The summed E-state index contributed by atoms with van der Waals surface area (Å²) in [5.74, 6) is 0.365. The van der Waals surface area contributed by atoms with Crippen LogP contribution >= 0.6 is 11.8 Å². The molecular weight excluding hydrogens is 242 g/mol. The van der Waals surface area contributed by atoms with Crippen molar-refractivity contribution in [1.82, 2.24) is 15.4 Å². The fourth-order valence-corrected chi connectivity index (χ4v) is 2.26. The van der Waals surface area contributed by atoms with Crippen molar-refractivity contribution in [3.8, 4) is 0 Å². The van der Waals surface area contributed by atoms with Gasteiger partial charge in [0.05, 0.1) is 17.6 Å². The monoisotopic (exact) mass is 249 g/mol. The Morgan fingerprint density at radius 1 is 1.53 bits per heavy atom. The van der Waals surface area contributed by atoms with Gasteiger partial charge in [0, 0.05) is 24.0 Å².